The molecular formula is C20H21F3N2O. The Balaban J connectivity index is 1.48. The molecule has 2 aromatic carbocycles. The first kappa shape index (κ1) is 18.3. The third-order valence-electron chi connectivity index (χ3n) is 4.52. The Morgan fingerprint density at radius 3 is 2.27 bits per heavy atom. The monoisotopic (exact) mass is 362 g/mol. The number of carbonyl (C=O) groups is 1. The second-order valence-electron chi connectivity index (χ2n) is 6.57. The highest BCUT2D eigenvalue weighted by atomic mass is 19.4. The summed E-state index contributed by atoms with van der Waals surface area (Å²) in [7, 11) is 0. The second kappa shape index (κ2) is 7.81. The van der Waals surface area contributed by atoms with Crippen molar-refractivity contribution in [3.05, 3.63) is 71.3 Å². The molecule has 0 saturated heterocycles. The maximum absolute atomic E-state index is 12.5. The van der Waals surface area contributed by atoms with Crippen LogP contribution in [0.1, 0.15) is 35.6 Å². The summed E-state index contributed by atoms with van der Waals surface area (Å²) in [6.45, 7) is 0.364. The maximum Gasteiger partial charge on any atom is 0.416 e. The number of urea groups is 1. The third-order valence-corrected chi connectivity index (χ3v) is 4.52. The van der Waals surface area contributed by atoms with Crippen LogP contribution in [0.15, 0.2) is 54.6 Å². The van der Waals surface area contributed by atoms with Crippen molar-refractivity contribution in [1.82, 2.24) is 10.6 Å². The van der Waals surface area contributed by atoms with Crippen LogP contribution in [-0.2, 0) is 12.6 Å². The fourth-order valence-electron chi connectivity index (χ4n) is 2.94. The zero-order chi connectivity index (χ0) is 18.6. The molecule has 1 saturated carbocycles. The Morgan fingerprint density at radius 1 is 1.04 bits per heavy atom. The van der Waals surface area contributed by atoms with Crippen LogP contribution in [-0.4, -0.2) is 12.6 Å². The molecule has 0 aliphatic heterocycles. The molecular weight excluding hydrogens is 341 g/mol. The molecule has 138 valence electrons. The third kappa shape index (κ3) is 5.00. The van der Waals surface area contributed by atoms with Crippen LogP contribution >= 0.6 is 0 Å². The van der Waals surface area contributed by atoms with E-state index in [1.807, 2.05) is 30.3 Å². The van der Waals surface area contributed by atoms with Crippen molar-refractivity contribution in [2.45, 2.75) is 31.5 Å². The van der Waals surface area contributed by atoms with E-state index in [1.165, 1.54) is 12.1 Å². The molecule has 1 aliphatic carbocycles. The zero-order valence-corrected chi connectivity index (χ0v) is 14.2. The lowest BCUT2D eigenvalue weighted by atomic mass is 10.0. The van der Waals surface area contributed by atoms with Gasteiger partial charge in [-0.2, -0.15) is 13.2 Å². The fraction of sp³-hybridized carbons (Fsp3) is 0.350. The van der Waals surface area contributed by atoms with E-state index in [9.17, 15) is 18.0 Å². The average molecular weight is 362 g/mol. The Kier molecular flexibility index (Phi) is 5.49. The van der Waals surface area contributed by atoms with Gasteiger partial charge in [-0.15, -0.1) is 0 Å². The molecule has 0 aromatic heterocycles. The zero-order valence-electron chi connectivity index (χ0n) is 14.2. The van der Waals surface area contributed by atoms with Crippen molar-refractivity contribution in [2.24, 2.45) is 5.92 Å². The van der Waals surface area contributed by atoms with Crippen LogP contribution in [0.5, 0.6) is 0 Å². The van der Waals surface area contributed by atoms with Crippen LogP contribution in [0.3, 0.4) is 0 Å². The van der Waals surface area contributed by atoms with Crippen LogP contribution in [0.2, 0.25) is 0 Å². The minimum Gasteiger partial charge on any atom is -0.338 e. The summed E-state index contributed by atoms with van der Waals surface area (Å²) in [6, 6.07) is 14.6. The Labute approximate surface area is 150 Å². The molecule has 0 heterocycles. The summed E-state index contributed by atoms with van der Waals surface area (Å²) in [5.74, 6) is 0.470. The number of halogens is 3. The van der Waals surface area contributed by atoms with Crippen molar-refractivity contribution < 1.29 is 18.0 Å². The van der Waals surface area contributed by atoms with E-state index >= 15 is 0 Å². The van der Waals surface area contributed by atoms with Crippen LogP contribution in [0, 0.1) is 5.92 Å². The molecule has 1 unspecified atom stereocenters. The molecule has 2 aromatic rings. The van der Waals surface area contributed by atoms with Gasteiger partial charge in [-0.3, -0.25) is 0 Å². The number of hydrogen-bond acceptors (Lipinski definition) is 1. The normalized spacial score (nSPS) is 15.3. The van der Waals surface area contributed by atoms with Crippen molar-refractivity contribution in [1.29, 1.82) is 0 Å². The van der Waals surface area contributed by atoms with Gasteiger partial charge in [0, 0.05) is 6.54 Å². The molecule has 3 nitrogen and oxygen atoms in total. The van der Waals surface area contributed by atoms with Gasteiger partial charge in [0.1, 0.15) is 0 Å². The smallest absolute Gasteiger partial charge is 0.338 e. The number of rotatable bonds is 6. The molecule has 6 heteroatoms. The predicted octanol–water partition coefficient (Wildman–Crippen LogP) is 4.70. The number of hydrogen-bond donors (Lipinski definition) is 2. The maximum atomic E-state index is 12.5. The first-order chi connectivity index (χ1) is 12.4. The first-order valence-corrected chi connectivity index (χ1v) is 8.69. The molecule has 2 N–H and O–H groups in total. The molecule has 0 bridgehead atoms. The fourth-order valence-corrected chi connectivity index (χ4v) is 2.94. The predicted molar refractivity (Wildman–Crippen MR) is 93.6 cm³/mol. The molecule has 1 atom stereocenters. The molecule has 3 rings (SSSR count). The van der Waals surface area contributed by atoms with Gasteiger partial charge in [0.2, 0.25) is 0 Å². The van der Waals surface area contributed by atoms with Gasteiger partial charge < -0.3 is 10.6 Å². The van der Waals surface area contributed by atoms with Crippen LogP contribution in [0.4, 0.5) is 18.0 Å². The van der Waals surface area contributed by atoms with Crippen LogP contribution in [0.25, 0.3) is 0 Å². The Hall–Kier alpha value is -2.50. The highest BCUT2D eigenvalue weighted by Gasteiger charge is 2.33. The summed E-state index contributed by atoms with van der Waals surface area (Å²) >= 11 is 0. The molecule has 1 aliphatic rings. The number of benzene rings is 2. The quantitative estimate of drug-likeness (QED) is 0.768. The molecule has 2 amide bonds. The molecule has 0 spiro atoms. The van der Waals surface area contributed by atoms with E-state index in [0.29, 0.717) is 18.9 Å². The summed E-state index contributed by atoms with van der Waals surface area (Å²) in [4.78, 5) is 12.2. The molecule has 1 fully saturated rings. The summed E-state index contributed by atoms with van der Waals surface area (Å²) in [5.41, 5.74) is 1.18. The van der Waals surface area contributed by atoms with Gasteiger partial charge >= 0.3 is 12.2 Å². The van der Waals surface area contributed by atoms with E-state index in [1.54, 1.807) is 0 Å². The number of carbonyl (C=O) groups excluding carboxylic acids is 1. The van der Waals surface area contributed by atoms with Crippen molar-refractivity contribution >= 4 is 6.03 Å². The van der Waals surface area contributed by atoms with Gasteiger partial charge in [-0.1, -0.05) is 42.5 Å². The number of nitrogens with one attached hydrogen (secondary N) is 2. The van der Waals surface area contributed by atoms with Gasteiger partial charge in [0.15, 0.2) is 0 Å². The van der Waals surface area contributed by atoms with Gasteiger partial charge in [0.25, 0.3) is 0 Å². The topological polar surface area (TPSA) is 41.1 Å². The van der Waals surface area contributed by atoms with E-state index in [0.717, 1.165) is 36.1 Å². The Morgan fingerprint density at radius 2 is 1.69 bits per heavy atom. The molecule has 0 radical (unpaired) electrons. The lowest BCUT2D eigenvalue weighted by molar-refractivity contribution is -0.137. The minimum absolute atomic E-state index is 0.00210. The van der Waals surface area contributed by atoms with Gasteiger partial charge in [-0.05, 0) is 48.4 Å². The SMILES string of the molecule is O=C(NCCc1ccc(C(F)(F)F)cc1)NC(c1ccccc1)C1CC1. The van der Waals surface area contributed by atoms with Crippen LogP contribution < -0.4 is 10.6 Å². The second-order valence-corrected chi connectivity index (χ2v) is 6.57. The van der Waals surface area contributed by atoms with Crippen molar-refractivity contribution in [2.75, 3.05) is 6.54 Å². The van der Waals surface area contributed by atoms with E-state index in [2.05, 4.69) is 10.6 Å². The highest BCUT2D eigenvalue weighted by molar-refractivity contribution is 5.74. The lowest BCUT2D eigenvalue weighted by Gasteiger charge is -2.19. The lowest BCUT2D eigenvalue weighted by Crippen LogP contribution is -2.39. The number of amides is 2. The number of alkyl halides is 3. The average Bonchev–Trinajstić information content (AvgIpc) is 3.45. The van der Waals surface area contributed by atoms with Crippen molar-refractivity contribution in [3.63, 3.8) is 0 Å². The summed E-state index contributed by atoms with van der Waals surface area (Å²) in [5, 5.41) is 5.80. The van der Waals surface area contributed by atoms with Gasteiger partial charge in [-0.25, -0.2) is 4.79 Å². The van der Waals surface area contributed by atoms with E-state index in [4.69, 9.17) is 0 Å². The van der Waals surface area contributed by atoms with E-state index < -0.39 is 11.7 Å². The minimum atomic E-state index is -4.33. The summed E-state index contributed by atoms with van der Waals surface area (Å²) in [6.07, 6.45) is -1.65. The standard InChI is InChI=1S/C20H21F3N2O/c21-20(22,23)17-10-6-14(7-11-17)12-13-24-19(26)25-18(16-8-9-16)15-4-2-1-3-5-15/h1-7,10-11,16,18H,8-9,12-13H2,(H2,24,25,26). The van der Waals surface area contributed by atoms with Crippen molar-refractivity contribution in [3.8, 4) is 0 Å². The van der Waals surface area contributed by atoms with E-state index in [-0.39, 0.29) is 12.1 Å². The first-order valence-electron chi connectivity index (χ1n) is 8.69. The Bertz CT molecular complexity index is 725. The summed E-state index contributed by atoms with van der Waals surface area (Å²) < 4.78 is 37.6. The largest absolute Gasteiger partial charge is 0.416 e. The molecule has 26 heavy (non-hydrogen) atoms. The highest BCUT2D eigenvalue weighted by Crippen LogP contribution is 2.40. The van der Waals surface area contributed by atoms with Gasteiger partial charge in [0.05, 0.1) is 11.6 Å².